The molecule has 0 aromatic heterocycles. The second-order valence-corrected chi connectivity index (χ2v) is 3.31. The third kappa shape index (κ3) is 3.43. The second-order valence-electron chi connectivity index (χ2n) is 3.31. The molecular formula is C8H15F3N2O. The molecule has 0 aromatic carbocycles. The lowest BCUT2D eigenvalue weighted by molar-refractivity contribution is -0.254. The third-order valence-corrected chi connectivity index (χ3v) is 2.27. The first-order valence-electron chi connectivity index (χ1n) is 4.67. The summed E-state index contributed by atoms with van der Waals surface area (Å²) < 4.78 is 41.8. The van der Waals surface area contributed by atoms with E-state index < -0.39 is 6.30 Å². The molecule has 0 saturated carbocycles. The lowest BCUT2D eigenvalue weighted by atomic mass is 10.1. The number of alkyl halides is 3. The Balaban J connectivity index is 2.24. The fourth-order valence-corrected chi connectivity index (χ4v) is 1.51. The fourth-order valence-electron chi connectivity index (χ4n) is 1.51. The summed E-state index contributed by atoms with van der Waals surface area (Å²) in [5.41, 5.74) is 5.23. The zero-order valence-electron chi connectivity index (χ0n) is 7.89. The SMILES string of the molecule is NCCOC1CCN(C(F)(F)F)CC1. The van der Waals surface area contributed by atoms with Gasteiger partial charge in [-0.25, -0.2) is 4.90 Å². The van der Waals surface area contributed by atoms with Gasteiger partial charge in [-0.05, 0) is 12.8 Å². The number of nitrogens with zero attached hydrogens (tertiary/aromatic N) is 1. The highest BCUT2D eigenvalue weighted by Gasteiger charge is 2.39. The zero-order valence-corrected chi connectivity index (χ0v) is 7.89. The standard InChI is InChI=1S/C8H15F3N2O/c9-8(10,11)13-4-1-7(2-5-13)14-6-3-12/h7H,1-6,12H2. The maximum atomic E-state index is 12.2. The summed E-state index contributed by atoms with van der Waals surface area (Å²) >= 11 is 0. The highest BCUT2D eigenvalue weighted by molar-refractivity contribution is 4.73. The summed E-state index contributed by atoms with van der Waals surface area (Å²) in [6.07, 6.45) is -3.39. The molecule has 0 unspecified atom stereocenters. The van der Waals surface area contributed by atoms with Crippen LogP contribution in [0, 0.1) is 0 Å². The molecule has 0 spiro atoms. The molecule has 1 aliphatic rings. The Labute approximate surface area is 81.0 Å². The van der Waals surface area contributed by atoms with E-state index in [4.69, 9.17) is 10.5 Å². The Hall–Kier alpha value is -0.330. The van der Waals surface area contributed by atoms with Gasteiger partial charge in [-0.1, -0.05) is 0 Å². The van der Waals surface area contributed by atoms with Crippen LogP contribution in [0.15, 0.2) is 0 Å². The van der Waals surface area contributed by atoms with Gasteiger partial charge in [0.25, 0.3) is 0 Å². The van der Waals surface area contributed by atoms with E-state index in [1.54, 1.807) is 0 Å². The monoisotopic (exact) mass is 212 g/mol. The Bertz CT molecular complexity index is 166. The van der Waals surface area contributed by atoms with E-state index in [0.717, 1.165) is 0 Å². The van der Waals surface area contributed by atoms with Gasteiger partial charge in [0.05, 0.1) is 12.7 Å². The van der Waals surface area contributed by atoms with Crippen LogP contribution in [0.4, 0.5) is 13.2 Å². The number of nitrogens with two attached hydrogens (primary N) is 1. The van der Waals surface area contributed by atoms with Crippen molar-refractivity contribution >= 4 is 0 Å². The summed E-state index contributed by atoms with van der Waals surface area (Å²) in [6.45, 7) is 0.896. The van der Waals surface area contributed by atoms with Crippen LogP contribution in [0.1, 0.15) is 12.8 Å². The smallest absolute Gasteiger partial charge is 0.377 e. The molecule has 6 heteroatoms. The van der Waals surface area contributed by atoms with Crippen molar-refractivity contribution in [1.82, 2.24) is 4.90 Å². The number of halogens is 3. The number of piperidine rings is 1. The van der Waals surface area contributed by atoms with Crippen molar-refractivity contribution in [3.63, 3.8) is 0 Å². The average molecular weight is 212 g/mol. The number of rotatable bonds is 3. The molecule has 0 aliphatic carbocycles. The summed E-state index contributed by atoms with van der Waals surface area (Å²) in [4.78, 5) is 0.523. The lowest BCUT2D eigenvalue weighted by Gasteiger charge is -2.32. The molecular weight excluding hydrogens is 197 g/mol. The first-order valence-corrected chi connectivity index (χ1v) is 4.67. The molecule has 0 bridgehead atoms. The van der Waals surface area contributed by atoms with Crippen LogP contribution in [-0.4, -0.2) is 43.5 Å². The van der Waals surface area contributed by atoms with Crippen molar-refractivity contribution in [2.75, 3.05) is 26.2 Å². The number of hydrogen-bond donors (Lipinski definition) is 1. The largest absolute Gasteiger partial charge is 0.459 e. The Kier molecular flexibility index (Phi) is 4.15. The van der Waals surface area contributed by atoms with E-state index in [9.17, 15) is 13.2 Å². The molecule has 1 rings (SSSR count). The van der Waals surface area contributed by atoms with Gasteiger partial charge in [-0.15, -0.1) is 0 Å². The molecule has 0 aromatic rings. The first-order chi connectivity index (χ1) is 6.54. The number of likely N-dealkylation sites (tertiary alicyclic amines) is 1. The predicted molar refractivity (Wildman–Crippen MR) is 45.7 cm³/mol. The van der Waals surface area contributed by atoms with E-state index in [2.05, 4.69) is 0 Å². The summed E-state index contributed by atoms with van der Waals surface area (Å²) in [7, 11) is 0. The zero-order chi connectivity index (χ0) is 10.6. The van der Waals surface area contributed by atoms with Crippen molar-refractivity contribution < 1.29 is 17.9 Å². The van der Waals surface area contributed by atoms with Crippen molar-refractivity contribution in [3.05, 3.63) is 0 Å². The van der Waals surface area contributed by atoms with Gasteiger partial charge in [-0.3, -0.25) is 0 Å². The molecule has 14 heavy (non-hydrogen) atoms. The molecule has 1 saturated heterocycles. The molecule has 84 valence electrons. The van der Waals surface area contributed by atoms with Crippen molar-refractivity contribution in [2.45, 2.75) is 25.2 Å². The van der Waals surface area contributed by atoms with Crippen molar-refractivity contribution in [1.29, 1.82) is 0 Å². The molecule has 0 amide bonds. The van der Waals surface area contributed by atoms with Crippen molar-refractivity contribution in [2.24, 2.45) is 5.73 Å². The van der Waals surface area contributed by atoms with Crippen molar-refractivity contribution in [3.8, 4) is 0 Å². The average Bonchev–Trinajstić information content (AvgIpc) is 2.14. The lowest BCUT2D eigenvalue weighted by Crippen LogP contribution is -2.45. The minimum absolute atomic E-state index is 0.0265. The molecule has 2 N–H and O–H groups in total. The van der Waals surface area contributed by atoms with Gasteiger partial charge >= 0.3 is 6.30 Å². The Morgan fingerprint density at radius 1 is 1.29 bits per heavy atom. The quantitative estimate of drug-likeness (QED) is 0.708. The molecule has 0 radical (unpaired) electrons. The minimum atomic E-state index is -4.20. The van der Waals surface area contributed by atoms with Gasteiger partial charge in [0, 0.05) is 19.6 Å². The van der Waals surface area contributed by atoms with E-state index in [1.807, 2.05) is 0 Å². The van der Waals surface area contributed by atoms with Crippen LogP contribution in [0.2, 0.25) is 0 Å². The molecule has 1 aliphatic heterocycles. The number of hydrogen-bond acceptors (Lipinski definition) is 3. The Morgan fingerprint density at radius 3 is 2.29 bits per heavy atom. The highest BCUT2D eigenvalue weighted by atomic mass is 19.4. The van der Waals surface area contributed by atoms with E-state index in [0.29, 0.717) is 30.9 Å². The molecule has 1 fully saturated rings. The van der Waals surface area contributed by atoms with E-state index in [-0.39, 0.29) is 19.2 Å². The summed E-state index contributed by atoms with van der Waals surface area (Å²) in [5, 5.41) is 0. The van der Waals surface area contributed by atoms with Gasteiger partial charge in [-0.2, -0.15) is 13.2 Å². The minimum Gasteiger partial charge on any atom is -0.377 e. The highest BCUT2D eigenvalue weighted by Crippen LogP contribution is 2.26. The normalized spacial score (nSPS) is 21.4. The summed E-state index contributed by atoms with van der Waals surface area (Å²) in [5.74, 6) is 0. The van der Waals surface area contributed by atoms with E-state index >= 15 is 0 Å². The van der Waals surface area contributed by atoms with Gasteiger partial charge in [0.15, 0.2) is 0 Å². The van der Waals surface area contributed by atoms with Gasteiger partial charge in [0.1, 0.15) is 0 Å². The Morgan fingerprint density at radius 2 is 1.86 bits per heavy atom. The van der Waals surface area contributed by atoms with Crippen LogP contribution in [0.5, 0.6) is 0 Å². The topological polar surface area (TPSA) is 38.5 Å². The van der Waals surface area contributed by atoms with Crippen LogP contribution in [0.3, 0.4) is 0 Å². The third-order valence-electron chi connectivity index (χ3n) is 2.27. The van der Waals surface area contributed by atoms with E-state index in [1.165, 1.54) is 0 Å². The maximum absolute atomic E-state index is 12.2. The molecule has 3 nitrogen and oxygen atoms in total. The van der Waals surface area contributed by atoms with Crippen LogP contribution in [0.25, 0.3) is 0 Å². The van der Waals surface area contributed by atoms with Crippen LogP contribution < -0.4 is 5.73 Å². The van der Waals surface area contributed by atoms with Gasteiger partial charge in [0.2, 0.25) is 0 Å². The van der Waals surface area contributed by atoms with Crippen LogP contribution in [-0.2, 0) is 4.74 Å². The predicted octanol–water partition coefficient (Wildman–Crippen LogP) is 0.946. The summed E-state index contributed by atoms with van der Waals surface area (Å²) in [6, 6.07) is 0. The number of ether oxygens (including phenoxy) is 1. The van der Waals surface area contributed by atoms with Crippen LogP contribution >= 0.6 is 0 Å². The first kappa shape index (κ1) is 11.7. The fraction of sp³-hybridized carbons (Fsp3) is 1.00. The second kappa shape index (κ2) is 4.95. The molecule has 0 atom stereocenters. The maximum Gasteiger partial charge on any atom is 0.459 e. The molecule has 1 heterocycles. The van der Waals surface area contributed by atoms with Gasteiger partial charge < -0.3 is 10.5 Å².